The number of aromatic nitrogens is 1. The number of hydrogen-bond donors (Lipinski definition) is 0. The van der Waals surface area contributed by atoms with E-state index in [1.54, 1.807) is 12.2 Å². The second-order valence-corrected chi connectivity index (χ2v) is 4.07. The summed E-state index contributed by atoms with van der Waals surface area (Å²) in [6.07, 6.45) is 9.13. The van der Waals surface area contributed by atoms with Gasteiger partial charge in [0.25, 0.3) is 0 Å². The first-order valence-corrected chi connectivity index (χ1v) is 6.29. The fraction of sp³-hybridized carbons (Fsp3) is 0. The van der Waals surface area contributed by atoms with E-state index in [9.17, 15) is 0 Å². The molecule has 0 aliphatic heterocycles. The van der Waals surface area contributed by atoms with E-state index in [0.717, 1.165) is 16.5 Å². The Bertz CT molecular complexity index is 692. The summed E-state index contributed by atoms with van der Waals surface area (Å²) in [6, 6.07) is 11.4. The summed E-state index contributed by atoms with van der Waals surface area (Å²) in [4.78, 5) is 4.52. The van der Waals surface area contributed by atoms with E-state index in [1.165, 1.54) is 0 Å². The van der Waals surface area contributed by atoms with Gasteiger partial charge in [-0.2, -0.15) is 0 Å². The van der Waals surface area contributed by atoms with E-state index in [4.69, 9.17) is 0 Å². The second-order valence-electron chi connectivity index (χ2n) is 4.07. The summed E-state index contributed by atoms with van der Waals surface area (Å²) >= 11 is 0. The molecule has 0 saturated heterocycles. The van der Waals surface area contributed by atoms with Gasteiger partial charge in [0.05, 0.1) is 11.0 Å². The molecule has 0 spiro atoms. The SMILES string of the molecule is C=C/C=C\C(=C/C=C)c1ccc(=C)ccccc(=C)n1. The summed E-state index contributed by atoms with van der Waals surface area (Å²) < 4.78 is 0. The lowest BCUT2D eigenvalue weighted by atomic mass is 10.1. The van der Waals surface area contributed by atoms with Crippen molar-refractivity contribution in [2.45, 2.75) is 0 Å². The average Bonchev–Trinajstić information content (AvgIpc) is 2.44. The van der Waals surface area contributed by atoms with Crippen LogP contribution in [0.4, 0.5) is 0 Å². The zero-order chi connectivity index (χ0) is 14.8. The summed E-state index contributed by atoms with van der Waals surface area (Å²) in [5.74, 6) is 0. The van der Waals surface area contributed by atoms with Crippen molar-refractivity contribution in [3.63, 3.8) is 0 Å². The predicted molar refractivity (Wildman–Crippen MR) is 89.7 cm³/mol. The lowest BCUT2D eigenvalue weighted by molar-refractivity contribution is 1.24. The van der Waals surface area contributed by atoms with Crippen LogP contribution in [-0.4, -0.2) is 4.98 Å². The van der Waals surface area contributed by atoms with Crippen LogP contribution in [0.1, 0.15) is 5.69 Å². The third-order valence-corrected chi connectivity index (χ3v) is 2.43. The molecule has 0 aliphatic rings. The van der Waals surface area contributed by atoms with Gasteiger partial charge in [0.2, 0.25) is 0 Å². The summed E-state index contributed by atoms with van der Waals surface area (Å²) in [5, 5.41) is 1.59. The fourth-order valence-electron chi connectivity index (χ4n) is 1.50. The van der Waals surface area contributed by atoms with Crippen molar-refractivity contribution >= 4 is 18.7 Å². The van der Waals surface area contributed by atoms with Crippen LogP contribution in [0.15, 0.2) is 79.9 Å². The number of hydrogen-bond acceptors (Lipinski definition) is 1. The minimum absolute atomic E-state index is 0.684. The average molecular weight is 261 g/mol. The highest BCUT2D eigenvalue weighted by molar-refractivity contribution is 5.72. The Morgan fingerprint density at radius 1 is 0.950 bits per heavy atom. The zero-order valence-corrected chi connectivity index (χ0v) is 11.6. The maximum atomic E-state index is 4.52. The van der Waals surface area contributed by atoms with Crippen molar-refractivity contribution in [1.29, 1.82) is 0 Å². The van der Waals surface area contributed by atoms with Crippen LogP contribution in [0.3, 0.4) is 0 Å². The molecule has 0 atom stereocenters. The molecule has 20 heavy (non-hydrogen) atoms. The van der Waals surface area contributed by atoms with Crippen LogP contribution in [0.2, 0.25) is 0 Å². The molecule has 0 unspecified atom stereocenters. The Hall–Kier alpha value is -2.67. The van der Waals surface area contributed by atoms with Crippen molar-refractivity contribution in [2.24, 2.45) is 0 Å². The Kier molecular flexibility index (Phi) is 6.49. The highest BCUT2D eigenvalue weighted by Crippen LogP contribution is 2.10. The van der Waals surface area contributed by atoms with Gasteiger partial charge in [0.15, 0.2) is 0 Å². The molecule has 0 radical (unpaired) electrons. The largest absolute Gasteiger partial charge is 0.249 e. The highest BCUT2D eigenvalue weighted by Gasteiger charge is 1.95. The number of rotatable bonds is 4. The molecular weight excluding hydrogens is 242 g/mol. The van der Waals surface area contributed by atoms with Crippen LogP contribution >= 0.6 is 0 Å². The highest BCUT2D eigenvalue weighted by atomic mass is 14.7. The van der Waals surface area contributed by atoms with Crippen LogP contribution in [-0.2, 0) is 0 Å². The first kappa shape index (κ1) is 15.4. The van der Waals surface area contributed by atoms with Crippen molar-refractivity contribution in [1.82, 2.24) is 4.98 Å². The van der Waals surface area contributed by atoms with Gasteiger partial charge in [-0.1, -0.05) is 81.0 Å². The molecule has 1 nitrogen and oxygen atoms in total. The van der Waals surface area contributed by atoms with Gasteiger partial charge in [0.1, 0.15) is 0 Å². The molecule has 0 fully saturated rings. The Balaban J connectivity index is 3.59. The number of allylic oxidation sites excluding steroid dienone is 6. The summed E-state index contributed by atoms with van der Waals surface area (Å²) in [5.41, 5.74) is 1.73. The van der Waals surface area contributed by atoms with Gasteiger partial charge < -0.3 is 0 Å². The van der Waals surface area contributed by atoms with E-state index in [2.05, 4.69) is 31.3 Å². The predicted octanol–water partition coefficient (Wildman–Crippen LogP) is 3.34. The second kappa shape index (κ2) is 8.44. The first-order valence-electron chi connectivity index (χ1n) is 6.29. The molecule has 0 aromatic carbocycles. The summed E-state index contributed by atoms with van der Waals surface area (Å²) in [7, 11) is 0. The van der Waals surface area contributed by atoms with E-state index < -0.39 is 0 Å². The molecule has 1 aromatic rings. The van der Waals surface area contributed by atoms with Gasteiger partial charge in [-0.15, -0.1) is 0 Å². The third kappa shape index (κ3) is 5.32. The molecule has 0 amide bonds. The minimum atomic E-state index is 0.684. The Labute approximate surface area is 120 Å². The van der Waals surface area contributed by atoms with Gasteiger partial charge in [0, 0.05) is 5.57 Å². The molecule has 1 aromatic heterocycles. The Morgan fingerprint density at radius 2 is 1.70 bits per heavy atom. The molecule has 1 rings (SSSR count). The van der Waals surface area contributed by atoms with Gasteiger partial charge in [-0.3, -0.25) is 0 Å². The quantitative estimate of drug-likeness (QED) is 0.758. The molecule has 0 bridgehead atoms. The van der Waals surface area contributed by atoms with Crippen molar-refractivity contribution in [3.05, 3.63) is 96.2 Å². The summed E-state index contributed by atoms with van der Waals surface area (Å²) in [6.45, 7) is 15.3. The standard InChI is InChI=1S/C19H19N/c1-5-7-13-18(10-6-2)19-15-14-16(3)11-8-9-12-17(4)20-19/h5-15H,1-4H2/b11-8?,12-9?,13-7-,15-14?,18-10+,20-19?. The molecule has 1 heterocycles. The molecular formula is C19H19N. The molecule has 0 N–H and O–H groups in total. The van der Waals surface area contributed by atoms with E-state index in [0.29, 0.717) is 5.35 Å². The fourth-order valence-corrected chi connectivity index (χ4v) is 1.50. The van der Waals surface area contributed by atoms with Gasteiger partial charge >= 0.3 is 0 Å². The smallest absolute Gasteiger partial charge is 0.0709 e. The van der Waals surface area contributed by atoms with E-state index in [1.807, 2.05) is 54.6 Å². The monoisotopic (exact) mass is 261 g/mol. The topological polar surface area (TPSA) is 12.9 Å². The Morgan fingerprint density at radius 3 is 2.40 bits per heavy atom. The first-order chi connectivity index (χ1) is 9.67. The van der Waals surface area contributed by atoms with Gasteiger partial charge in [-0.25, -0.2) is 4.98 Å². The normalized spacial score (nSPS) is 10.9. The van der Waals surface area contributed by atoms with E-state index >= 15 is 0 Å². The maximum Gasteiger partial charge on any atom is 0.0709 e. The van der Waals surface area contributed by atoms with Crippen LogP contribution in [0.5, 0.6) is 0 Å². The van der Waals surface area contributed by atoms with Crippen molar-refractivity contribution in [3.8, 4) is 0 Å². The van der Waals surface area contributed by atoms with Gasteiger partial charge in [-0.05, 0) is 17.4 Å². The van der Waals surface area contributed by atoms with Crippen LogP contribution in [0, 0.1) is 0 Å². The third-order valence-electron chi connectivity index (χ3n) is 2.43. The molecule has 100 valence electrons. The van der Waals surface area contributed by atoms with Crippen LogP contribution in [0.25, 0.3) is 18.7 Å². The molecule has 0 saturated carbocycles. The number of nitrogens with zero attached hydrogens (tertiary/aromatic N) is 1. The van der Waals surface area contributed by atoms with E-state index in [-0.39, 0.29) is 0 Å². The lowest BCUT2D eigenvalue weighted by Crippen LogP contribution is -2.03. The molecule has 1 heteroatoms. The van der Waals surface area contributed by atoms with Crippen LogP contribution < -0.4 is 10.6 Å². The van der Waals surface area contributed by atoms with Crippen molar-refractivity contribution in [2.75, 3.05) is 0 Å². The zero-order valence-electron chi connectivity index (χ0n) is 11.6. The molecule has 0 aliphatic carbocycles. The lowest BCUT2D eigenvalue weighted by Gasteiger charge is -1.98. The maximum absolute atomic E-state index is 4.52. The van der Waals surface area contributed by atoms with Crippen molar-refractivity contribution < 1.29 is 0 Å². The minimum Gasteiger partial charge on any atom is -0.249 e.